The summed E-state index contributed by atoms with van der Waals surface area (Å²) in [6.45, 7) is 14.0. The molecule has 1 aromatic carbocycles. The molecule has 0 saturated heterocycles. The lowest BCUT2D eigenvalue weighted by atomic mass is 9.85. The number of hydrogen-bond donors (Lipinski definition) is 0. The lowest BCUT2D eigenvalue weighted by Gasteiger charge is -2.24. The second-order valence-electron chi connectivity index (χ2n) is 8.03. The zero-order valence-corrected chi connectivity index (χ0v) is 16.3. The number of benzene rings is 1. The van der Waals surface area contributed by atoms with Gasteiger partial charge in [-0.3, -0.25) is 0 Å². The van der Waals surface area contributed by atoms with E-state index >= 15 is 0 Å². The van der Waals surface area contributed by atoms with Gasteiger partial charge in [-0.05, 0) is 62.6 Å². The number of rotatable bonds is 9. The van der Waals surface area contributed by atoms with Crippen molar-refractivity contribution in [1.82, 2.24) is 0 Å². The van der Waals surface area contributed by atoms with Crippen LogP contribution in [0.25, 0.3) is 0 Å². The molecule has 0 unspecified atom stereocenters. The Labute approximate surface area is 143 Å². The van der Waals surface area contributed by atoms with Crippen LogP contribution in [-0.4, -0.2) is 19.3 Å². The molecule has 0 radical (unpaired) electrons. The molecule has 0 spiro atoms. The third-order valence-electron chi connectivity index (χ3n) is 4.41. The predicted molar refractivity (Wildman–Crippen MR) is 99.6 cm³/mol. The molecule has 0 amide bonds. The van der Waals surface area contributed by atoms with Gasteiger partial charge in [-0.1, -0.05) is 45.7 Å². The van der Waals surface area contributed by atoms with E-state index in [1.54, 1.807) is 7.11 Å². The van der Waals surface area contributed by atoms with Gasteiger partial charge in [0.25, 0.3) is 0 Å². The second kappa shape index (κ2) is 8.73. The summed E-state index contributed by atoms with van der Waals surface area (Å²) < 4.78 is 11.3. The number of methoxy groups -OCH3 is 1. The van der Waals surface area contributed by atoms with Crippen molar-refractivity contribution in [1.29, 1.82) is 0 Å². The highest BCUT2D eigenvalue weighted by Crippen LogP contribution is 2.29. The van der Waals surface area contributed by atoms with Gasteiger partial charge in [0.2, 0.25) is 0 Å². The van der Waals surface area contributed by atoms with Crippen LogP contribution >= 0.6 is 0 Å². The monoisotopic (exact) mass is 320 g/mol. The zero-order valence-electron chi connectivity index (χ0n) is 16.3. The largest absolute Gasteiger partial charge is 0.496 e. The summed E-state index contributed by atoms with van der Waals surface area (Å²) in [4.78, 5) is 0. The van der Waals surface area contributed by atoms with Gasteiger partial charge < -0.3 is 9.47 Å². The minimum Gasteiger partial charge on any atom is -0.496 e. The lowest BCUT2D eigenvalue weighted by Crippen LogP contribution is -2.24. The maximum absolute atomic E-state index is 5.76. The van der Waals surface area contributed by atoms with Crippen molar-refractivity contribution in [2.45, 2.75) is 84.7 Å². The highest BCUT2D eigenvalue weighted by atomic mass is 16.5. The fourth-order valence-corrected chi connectivity index (χ4v) is 2.95. The van der Waals surface area contributed by atoms with Gasteiger partial charge in [0.1, 0.15) is 5.75 Å². The molecule has 0 fully saturated rings. The van der Waals surface area contributed by atoms with Crippen LogP contribution in [0, 0.1) is 0 Å². The van der Waals surface area contributed by atoms with Gasteiger partial charge in [-0.2, -0.15) is 0 Å². The minimum atomic E-state index is 0.0125. The Morgan fingerprint density at radius 3 is 2.22 bits per heavy atom. The van der Waals surface area contributed by atoms with Crippen LogP contribution in [-0.2, 0) is 16.6 Å². The highest BCUT2D eigenvalue weighted by molar-refractivity contribution is 5.39. The van der Waals surface area contributed by atoms with E-state index in [9.17, 15) is 0 Å². The number of ether oxygens (including phenoxy) is 2. The Morgan fingerprint density at radius 2 is 1.65 bits per heavy atom. The van der Waals surface area contributed by atoms with Gasteiger partial charge in [0.15, 0.2) is 0 Å². The molecule has 0 heterocycles. The van der Waals surface area contributed by atoms with E-state index in [4.69, 9.17) is 9.47 Å². The summed E-state index contributed by atoms with van der Waals surface area (Å²) in [7, 11) is 1.76. The number of unbranched alkanes of at least 4 members (excludes halogenated alkanes) is 2. The molecule has 1 rings (SSSR count). The summed E-state index contributed by atoms with van der Waals surface area (Å²) >= 11 is 0. The van der Waals surface area contributed by atoms with Crippen LogP contribution in [0.5, 0.6) is 5.75 Å². The van der Waals surface area contributed by atoms with Crippen molar-refractivity contribution < 1.29 is 9.47 Å². The Hall–Kier alpha value is -1.02. The van der Waals surface area contributed by atoms with Gasteiger partial charge in [-0.25, -0.2) is 0 Å². The SMILES string of the molecule is CCOC(C)(C)CCCCCc1cc(C(C)(C)C)ccc1OC. The van der Waals surface area contributed by atoms with Crippen LogP contribution in [0.3, 0.4) is 0 Å². The summed E-state index contributed by atoms with van der Waals surface area (Å²) in [5.41, 5.74) is 2.91. The van der Waals surface area contributed by atoms with Crippen LogP contribution in [0.2, 0.25) is 0 Å². The Morgan fingerprint density at radius 1 is 0.957 bits per heavy atom. The van der Waals surface area contributed by atoms with E-state index in [0.717, 1.165) is 25.2 Å². The number of aryl methyl sites for hydroxylation is 1. The molecule has 0 atom stereocenters. The smallest absolute Gasteiger partial charge is 0.122 e. The molecule has 0 saturated carbocycles. The summed E-state index contributed by atoms with van der Waals surface area (Å²) in [5.74, 6) is 1.02. The van der Waals surface area contributed by atoms with E-state index in [0.29, 0.717) is 0 Å². The third-order valence-corrected chi connectivity index (χ3v) is 4.41. The molecule has 0 N–H and O–H groups in total. The van der Waals surface area contributed by atoms with Crippen LogP contribution in [0.15, 0.2) is 18.2 Å². The fourth-order valence-electron chi connectivity index (χ4n) is 2.95. The van der Waals surface area contributed by atoms with E-state index in [2.05, 4.69) is 59.7 Å². The van der Waals surface area contributed by atoms with Crippen LogP contribution in [0.4, 0.5) is 0 Å². The Balaban J connectivity index is 2.54. The van der Waals surface area contributed by atoms with Crippen molar-refractivity contribution in [2.75, 3.05) is 13.7 Å². The quantitative estimate of drug-likeness (QED) is 0.526. The van der Waals surface area contributed by atoms with Crippen molar-refractivity contribution in [3.63, 3.8) is 0 Å². The number of hydrogen-bond acceptors (Lipinski definition) is 2. The van der Waals surface area contributed by atoms with Crippen molar-refractivity contribution >= 4 is 0 Å². The molecule has 0 aliphatic heterocycles. The van der Waals surface area contributed by atoms with Gasteiger partial charge >= 0.3 is 0 Å². The molecular formula is C21H36O2. The molecule has 23 heavy (non-hydrogen) atoms. The van der Waals surface area contributed by atoms with E-state index < -0.39 is 0 Å². The first kappa shape index (κ1) is 20.0. The standard InChI is InChI=1S/C21H36O2/c1-8-23-21(5,6)15-11-9-10-12-17-16-18(20(2,3)4)13-14-19(17)22-7/h13-14,16H,8-12,15H2,1-7H3. The maximum Gasteiger partial charge on any atom is 0.122 e. The Bertz CT molecular complexity index is 469. The Kier molecular flexibility index (Phi) is 7.60. The maximum atomic E-state index is 5.76. The minimum absolute atomic E-state index is 0.0125. The van der Waals surface area contributed by atoms with E-state index in [-0.39, 0.29) is 11.0 Å². The first-order chi connectivity index (χ1) is 10.7. The highest BCUT2D eigenvalue weighted by Gasteiger charge is 2.17. The average molecular weight is 321 g/mol. The summed E-state index contributed by atoms with van der Waals surface area (Å²) in [6, 6.07) is 6.63. The van der Waals surface area contributed by atoms with Crippen LogP contribution in [0.1, 0.15) is 78.4 Å². The molecule has 0 aromatic heterocycles. The molecule has 0 aliphatic rings. The van der Waals surface area contributed by atoms with E-state index in [1.165, 1.54) is 30.4 Å². The normalized spacial score (nSPS) is 12.5. The molecule has 2 heteroatoms. The van der Waals surface area contributed by atoms with Gasteiger partial charge in [0, 0.05) is 6.61 Å². The topological polar surface area (TPSA) is 18.5 Å². The lowest BCUT2D eigenvalue weighted by molar-refractivity contribution is -0.0177. The van der Waals surface area contributed by atoms with Gasteiger partial charge in [-0.15, -0.1) is 0 Å². The summed E-state index contributed by atoms with van der Waals surface area (Å²) in [5, 5.41) is 0. The molecular weight excluding hydrogens is 284 g/mol. The van der Waals surface area contributed by atoms with Crippen molar-refractivity contribution in [3.05, 3.63) is 29.3 Å². The first-order valence-corrected chi connectivity index (χ1v) is 9.01. The first-order valence-electron chi connectivity index (χ1n) is 9.01. The zero-order chi connectivity index (χ0) is 17.5. The van der Waals surface area contributed by atoms with Gasteiger partial charge in [0.05, 0.1) is 12.7 Å². The fraction of sp³-hybridized carbons (Fsp3) is 0.714. The molecule has 0 aliphatic carbocycles. The third kappa shape index (κ3) is 6.95. The molecule has 0 bridgehead atoms. The average Bonchev–Trinajstić information content (AvgIpc) is 2.45. The van der Waals surface area contributed by atoms with Crippen molar-refractivity contribution in [2.24, 2.45) is 0 Å². The predicted octanol–water partition coefficient (Wildman–Crippen LogP) is 5.91. The van der Waals surface area contributed by atoms with E-state index in [1.807, 2.05) is 0 Å². The molecule has 132 valence electrons. The summed E-state index contributed by atoms with van der Waals surface area (Å²) in [6.07, 6.45) is 5.86. The molecule has 2 nitrogen and oxygen atoms in total. The second-order valence-corrected chi connectivity index (χ2v) is 8.03. The van der Waals surface area contributed by atoms with Crippen LogP contribution < -0.4 is 4.74 Å². The van der Waals surface area contributed by atoms with Crippen molar-refractivity contribution in [3.8, 4) is 5.75 Å². The molecule has 1 aromatic rings.